The van der Waals surface area contributed by atoms with Gasteiger partial charge in [-0.2, -0.15) is 0 Å². The van der Waals surface area contributed by atoms with Crippen molar-refractivity contribution >= 4 is 23.2 Å². The zero-order valence-corrected chi connectivity index (χ0v) is 6.63. The van der Waals surface area contributed by atoms with Crippen molar-refractivity contribution in [3.05, 3.63) is 10.4 Å². The molecule has 6 heteroatoms. The Morgan fingerprint density at radius 2 is 2.10 bits per heavy atom. The molecule has 0 saturated carbocycles. The van der Waals surface area contributed by atoms with Crippen molar-refractivity contribution in [2.45, 2.75) is 12.1 Å². The van der Waals surface area contributed by atoms with Crippen LogP contribution in [-0.4, -0.2) is 29.0 Å². The van der Waals surface area contributed by atoms with Gasteiger partial charge in [-0.15, -0.1) is 23.2 Å². The van der Waals surface area contributed by atoms with Crippen LogP contribution < -0.4 is 0 Å². The quantitative estimate of drug-likeness (QED) is 0.306. The minimum absolute atomic E-state index is 0.0242. The van der Waals surface area contributed by atoms with Gasteiger partial charge in [-0.1, -0.05) is 5.11 Å². The number of aliphatic hydroxyl groups excluding tert-OH is 1. The second-order valence-electron chi connectivity index (χ2n) is 1.65. The van der Waals surface area contributed by atoms with Crippen molar-refractivity contribution in [1.82, 2.24) is 0 Å². The molecule has 0 unspecified atom stereocenters. The Morgan fingerprint density at radius 3 is 2.40 bits per heavy atom. The highest BCUT2D eigenvalue weighted by molar-refractivity contribution is 6.19. The number of nitrogens with zero attached hydrogens (tertiary/aromatic N) is 3. The standard InChI is InChI=1S/C4H7Cl2N3O/c5-1-3(8-9-7)4(10)2-6/h3-4,10H,1-2H2/t3-,4-/m1/s1. The molecule has 58 valence electrons. The average molecular weight is 184 g/mol. The summed E-state index contributed by atoms with van der Waals surface area (Å²) >= 11 is 10.6. The third-order valence-corrected chi connectivity index (χ3v) is 1.59. The van der Waals surface area contributed by atoms with Gasteiger partial charge in [0.1, 0.15) is 0 Å². The lowest BCUT2D eigenvalue weighted by molar-refractivity contribution is 0.175. The maximum Gasteiger partial charge on any atom is 0.0780 e. The summed E-state index contributed by atoms with van der Waals surface area (Å²) in [5.74, 6) is 0.106. The Labute approximate surface area is 68.4 Å². The first-order chi connectivity index (χ1) is 4.76. The third kappa shape index (κ3) is 3.13. The number of hydrogen-bond donors (Lipinski definition) is 1. The summed E-state index contributed by atoms with van der Waals surface area (Å²) in [6.45, 7) is 0. The molecule has 0 fully saturated rings. The van der Waals surface area contributed by atoms with Crippen molar-refractivity contribution < 1.29 is 5.11 Å². The van der Waals surface area contributed by atoms with Crippen molar-refractivity contribution in [3.63, 3.8) is 0 Å². The molecule has 0 radical (unpaired) electrons. The molecule has 0 aliphatic heterocycles. The molecule has 0 rings (SSSR count). The number of aliphatic hydroxyl groups is 1. The molecule has 0 aromatic carbocycles. The van der Waals surface area contributed by atoms with E-state index >= 15 is 0 Å². The minimum Gasteiger partial charge on any atom is -0.391 e. The Kier molecular flexibility index (Phi) is 5.54. The molecule has 0 amide bonds. The van der Waals surface area contributed by atoms with Crippen LogP contribution in [-0.2, 0) is 0 Å². The Hall–Kier alpha value is -0.150. The lowest BCUT2D eigenvalue weighted by atomic mass is 10.2. The van der Waals surface area contributed by atoms with Crippen LogP contribution in [0.2, 0.25) is 0 Å². The normalized spacial score (nSPS) is 15.5. The Bertz CT molecular complexity index is 136. The fourth-order valence-corrected chi connectivity index (χ4v) is 0.853. The predicted molar refractivity (Wildman–Crippen MR) is 40.4 cm³/mol. The summed E-state index contributed by atoms with van der Waals surface area (Å²) < 4.78 is 0. The highest BCUT2D eigenvalue weighted by atomic mass is 35.5. The molecule has 0 bridgehead atoms. The maximum absolute atomic E-state index is 8.97. The number of hydrogen-bond acceptors (Lipinski definition) is 2. The van der Waals surface area contributed by atoms with Gasteiger partial charge in [-0.25, -0.2) is 0 Å². The second-order valence-corrected chi connectivity index (χ2v) is 2.27. The fourth-order valence-electron chi connectivity index (χ4n) is 0.380. The molecule has 0 saturated heterocycles. The van der Waals surface area contributed by atoms with E-state index in [0.717, 1.165) is 0 Å². The van der Waals surface area contributed by atoms with Crippen LogP contribution in [0.3, 0.4) is 0 Å². The van der Waals surface area contributed by atoms with Gasteiger partial charge >= 0.3 is 0 Å². The molecule has 1 N–H and O–H groups in total. The van der Waals surface area contributed by atoms with Crippen LogP contribution in [0.5, 0.6) is 0 Å². The van der Waals surface area contributed by atoms with E-state index in [0.29, 0.717) is 0 Å². The van der Waals surface area contributed by atoms with E-state index < -0.39 is 12.1 Å². The lowest BCUT2D eigenvalue weighted by Gasteiger charge is -2.11. The summed E-state index contributed by atoms with van der Waals surface area (Å²) in [4.78, 5) is 2.50. The summed E-state index contributed by atoms with van der Waals surface area (Å²) in [6.07, 6.45) is -0.852. The number of rotatable bonds is 4. The van der Waals surface area contributed by atoms with Crippen LogP contribution in [0.25, 0.3) is 10.4 Å². The zero-order chi connectivity index (χ0) is 7.98. The second kappa shape index (κ2) is 5.62. The van der Waals surface area contributed by atoms with Crippen LogP contribution in [0.15, 0.2) is 5.11 Å². The highest BCUT2D eigenvalue weighted by Crippen LogP contribution is 2.03. The fraction of sp³-hybridized carbons (Fsp3) is 1.00. The van der Waals surface area contributed by atoms with Gasteiger partial charge in [0.05, 0.1) is 12.1 Å². The molecule has 0 aromatic heterocycles. The summed E-state index contributed by atoms with van der Waals surface area (Å²) in [5.41, 5.74) is 7.96. The van der Waals surface area contributed by atoms with E-state index in [2.05, 4.69) is 10.0 Å². The van der Waals surface area contributed by atoms with Gasteiger partial charge in [0.25, 0.3) is 0 Å². The van der Waals surface area contributed by atoms with Gasteiger partial charge in [0.15, 0.2) is 0 Å². The molecule has 10 heavy (non-hydrogen) atoms. The first-order valence-electron chi connectivity index (χ1n) is 2.60. The van der Waals surface area contributed by atoms with Gasteiger partial charge in [0, 0.05) is 16.7 Å². The van der Waals surface area contributed by atoms with Gasteiger partial charge in [0.2, 0.25) is 0 Å². The molecule has 0 heterocycles. The molecule has 2 atom stereocenters. The first-order valence-corrected chi connectivity index (χ1v) is 3.67. The van der Waals surface area contributed by atoms with E-state index in [1.165, 1.54) is 0 Å². The van der Waals surface area contributed by atoms with Gasteiger partial charge < -0.3 is 5.11 Å². The highest BCUT2D eigenvalue weighted by Gasteiger charge is 2.14. The van der Waals surface area contributed by atoms with Crippen molar-refractivity contribution in [3.8, 4) is 0 Å². The molecular weight excluding hydrogens is 177 g/mol. The molecule has 4 nitrogen and oxygen atoms in total. The van der Waals surface area contributed by atoms with Crippen molar-refractivity contribution in [2.75, 3.05) is 11.8 Å². The summed E-state index contributed by atoms with van der Waals surface area (Å²) in [7, 11) is 0. The Balaban J connectivity index is 3.91. The van der Waals surface area contributed by atoms with Gasteiger partial charge in [-0.05, 0) is 5.53 Å². The van der Waals surface area contributed by atoms with Crippen LogP contribution in [0.4, 0.5) is 0 Å². The van der Waals surface area contributed by atoms with E-state index in [1.54, 1.807) is 0 Å². The van der Waals surface area contributed by atoms with E-state index in [-0.39, 0.29) is 11.8 Å². The first kappa shape index (κ1) is 9.85. The topological polar surface area (TPSA) is 69.0 Å². The van der Waals surface area contributed by atoms with E-state index in [1.807, 2.05) is 0 Å². The van der Waals surface area contributed by atoms with Crippen molar-refractivity contribution in [1.29, 1.82) is 0 Å². The third-order valence-electron chi connectivity index (χ3n) is 0.960. The smallest absolute Gasteiger partial charge is 0.0780 e. The van der Waals surface area contributed by atoms with E-state index in [9.17, 15) is 0 Å². The van der Waals surface area contributed by atoms with Crippen LogP contribution in [0, 0.1) is 0 Å². The average Bonchev–Trinajstić information content (AvgIpc) is 1.99. The Morgan fingerprint density at radius 1 is 1.50 bits per heavy atom. The number of halogens is 2. The zero-order valence-electron chi connectivity index (χ0n) is 5.11. The molecule has 0 aliphatic rings. The predicted octanol–water partition coefficient (Wildman–Crippen LogP) is 1.50. The minimum atomic E-state index is -0.852. The summed E-state index contributed by atoms with van der Waals surface area (Å²) in [6, 6.07) is -0.621. The molecule has 0 aliphatic carbocycles. The largest absolute Gasteiger partial charge is 0.391 e. The van der Waals surface area contributed by atoms with Crippen LogP contribution in [0.1, 0.15) is 0 Å². The maximum atomic E-state index is 8.97. The van der Waals surface area contributed by atoms with Gasteiger partial charge in [-0.3, -0.25) is 0 Å². The number of alkyl halides is 2. The lowest BCUT2D eigenvalue weighted by Crippen LogP contribution is -2.26. The molecular formula is C4H7Cl2N3O. The summed E-state index contributed by atoms with van der Waals surface area (Å²) in [5, 5.41) is 12.2. The van der Waals surface area contributed by atoms with Crippen LogP contribution >= 0.6 is 23.2 Å². The monoisotopic (exact) mass is 183 g/mol. The number of azide groups is 1. The SMILES string of the molecule is [N-]=[N+]=N[C@H](CCl)[C@H](O)CCl. The molecule has 0 aromatic rings. The van der Waals surface area contributed by atoms with E-state index in [4.69, 9.17) is 33.8 Å². The van der Waals surface area contributed by atoms with Crippen molar-refractivity contribution in [2.24, 2.45) is 5.11 Å². The molecule has 0 spiro atoms.